The number of fused-ring (bicyclic) bond motifs is 1. The van der Waals surface area contributed by atoms with Gasteiger partial charge in [-0.3, -0.25) is 4.79 Å². The lowest BCUT2D eigenvalue weighted by Gasteiger charge is -2.18. The van der Waals surface area contributed by atoms with Crippen LogP contribution < -0.4 is 5.32 Å². The number of benzene rings is 1. The summed E-state index contributed by atoms with van der Waals surface area (Å²) in [6.07, 6.45) is 0.342. The van der Waals surface area contributed by atoms with E-state index in [-0.39, 0.29) is 22.8 Å². The molecule has 24 heavy (non-hydrogen) atoms. The van der Waals surface area contributed by atoms with E-state index in [1.165, 1.54) is 0 Å². The van der Waals surface area contributed by atoms with E-state index < -0.39 is 9.84 Å². The minimum Gasteiger partial charge on any atom is -0.310 e. The molecule has 1 aliphatic heterocycles. The van der Waals surface area contributed by atoms with Gasteiger partial charge in [-0.15, -0.1) is 0 Å². The van der Waals surface area contributed by atoms with Crippen LogP contribution in [0.2, 0.25) is 0 Å². The number of rotatable bonds is 3. The van der Waals surface area contributed by atoms with Gasteiger partial charge in [-0.05, 0) is 17.5 Å². The lowest BCUT2D eigenvalue weighted by Crippen LogP contribution is -2.22. The zero-order valence-electron chi connectivity index (χ0n) is 14.0. The largest absolute Gasteiger partial charge is 0.310 e. The Hall–Kier alpha value is -2.15. The predicted molar refractivity (Wildman–Crippen MR) is 92.6 cm³/mol. The van der Waals surface area contributed by atoms with Gasteiger partial charge in [0, 0.05) is 12.0 Å². The zero-order valence-corrected chi connectivity index (χ0v) is 14.9. The number of nitrogens with one attached hydrogen (secondary N) is 1. The van der Waals surface area contributed by atoms with Crippen LogP contribution in [-0.4, -0.2) is 24.1 Å². The third-order valence-corrected chi connectivity index (χ3v) is 5.18. The first-order valence-corrected chi connectivity index (χ1v) is 9.63. The number of aromatic nitrogens is 2. The van der Waals surface area contributed by atoms with E-state index in [0.29, 0.717) is 23.5 Å². The Balaban J connectivity index is 2.01. The summed E-state index contributed by atoms with van der Waals surface area (Å²) in [5.41, 5.74) is 1.75. The molecule has 2 aromatic rings. The van der Waals surface area contributed by atoms with Crippen LogP contribution in [0.4, 0.5) is 5.82 Å². The molecule has 1 aliphatic rings. The van der Waals surface area contributed by atoms with Crippen LogP contribution in [0.5, 0.6) is 0 Å². The predicted octanol–water partition coefficient (Wildman–Crippen LogP) is 2.68. The quantitative estimate of drug-likeness (QED) is 0.925. The average Bonchev–Trinajstić information content (AvgIpc) is 2.91. The van der Waals surface area contributed by atoms with Gasteiger partial charge >= 0.3 is 0 Å². The number of sulfone groups is 1. The van der Waals surface area contributed by atoms with Crippen molar-refractivity contribution in [1.82, 2.24) is 9.78 Å². The number of amides is 1. The number of carbonyl (C=O) groups excluding carboxylic acids is 1. The Morgan fingerprint density at radius 2 is 1.88 bits per heavy atom. The summed E-state index contributed by atoms with van der Waals surface area (Å²) in [4.78, 5) is 12.4. The highest BCUT2D eigenvalue weighted by Gasteiger charge is 2.33. The van der Waals surface area contributed by atoms with Crippen molar-refractivity contribution >= 4 is 21.6 Å². The monoisotopic (exact) mass is 347 g/mol. The summed E-state index contributed by atoms with van der Waals surface area (Å²) in [5.74, 6) is 0.156. The van der Waals surface area contributed by atoms with Gasteiger partial charge in [0.2, 0.25) is 5.91 Å². The number of anilines is 1. The number of hydrogen-bond acceptors (Lipinski definition) is 4. The van der Waals surface area contributed by atoms with E-state index in [2.05, 4.69) is 10.4 Å². The number of carbonyl (C=O) groups is 1. The normalized spacial score (nSPS) is 16.0. The first-order valence-electron chi connectivity index (χ1n) is 7.81. The van der Waals surface area contributed by atoms with Gasteiger partial charge in [0.15, 0.2) is 9.84 Å². The number of hydrogen-bond donors (Lipinski definition) is 1. The minimum absolute atomic E-state index is 0.0791. The molecule has 128 valence electrons. The fraction of sp³-hybridized carbons (Fsp3) is 0.412. The topological polar surface area (TPSA) is 81.1 Å². The van der Waals surface area contributed by atoms with Crippen molar-refractivity contribution in [3.05, 3.63) is 41.6 Å². The van der Waals surface area contributed by atoms with Crippen molar-refractivity contribution in [2.24, 2.45) is 5.41 Å². The molecule has 0 atom stereocenters. The second-order valence-corrected chi connectivity index (χ2v) is 9.40. The first-order chi connectivity index (χ1) is 11.1. The van der Waals surface area contributed by atoms with E-state index in [1.54, 1.807) is 4.68 Å². The molecular weight excluding hydrogens is 326 g/mol. The molecule has 1 aromatic heterocycles. The SMILES string of the molecule is CC(C)(C)CC(=O)Nc1c2c(nn1-c1ccccc1)CS(=O)(=O)C2. The average molecular weight is 347 g/mol. The lowest BCUT2D eigenvalue weighted by atomic mass is 9.92. The molecule has 0 bridgehead atoms. The Bertz CT molecular complexity index is 878. The van der Waals surface area contributed by atoms with Crippen LogP contribution in [-0.2, 0) is 26.1 Å². The molecule has 1 N–H and O–H groups in total. The Morgan fingerprint density at radius 1 is 1.21 bits per heavy atom. The molecule has 6 nitrogen and oxygen atoms in total. The van der Waals surface area contributed by atoms with Crippen LogP contribution >= 0.6 is 0 Å². The zero-order chi connectivity index (χ0) is 17.5. The molecule has 2 heterocycles. The summed E-state index contributed by atoms with van der Waals surface area (Å²) >= 11 is 0. The van der Waals surface area contributed by atoms with Crippen LogP contribution in [0.3, 0.4) is 0 Å². The first kappa shape index (κ1) is 16.7. The summed E-state index contributed by atoms with van der Waals surface area (Å²) in [6, 6.07) is 9.38. The van der Waals surface area contributed by atoms with Gasteiger partial charge in [-0.2, -0.15) is 5.10 Å². The van der Waals surface area contributed by atoms with Gasteiger partial charge in [-0.1, -0.05) is 39.0 Å². The van der Waals surface area contributed by atoms with Crippen molar-refractivity contribution in [2.45, 2.75) is 38.7 Å². The highest BCUT2D eigenvalue weighted by Crippen LogP contribution is 2.33. The van der Waals surface area contributed by atoms with Crippen molar-refractivity contribution in [3.63, 3.8) is 0 Å². The van der Waals surface area contributed by atoms with E-state index in [4.69, 9.17) is 0 Å². The molecule has 0 unspecified atom stereocenters. The second kappa shape index (κ2) is 5.73. The number of nitrogens with zero attached hydrogens (tertiary/aromatic N) is 2. The third-order valence-electron chi connectivity index (χ3n) is 3.74. The molecule has 1 aromatic carbocycles. The maximum absolute atomic E-state index is 12.4. The second-order valence-electron chi connectivity index (χ2n) is 7.34. The van der Waals surface area contributed by atoms with Crippen molar-refractivity contribution in [1.29, 1.82) is 0 Å². The maximum Gasteiger partial charge on any atom is 0.226 e. The fourth-order valence-electron chi connectivity index (χ4n) is 2.78. The minimum atomic E-state index is -3.18. The highest BCUT2D eigenvalue weighted by molar-refractivity contribution is 7.90. The number of para-hydroxylation sites is 1. The highest BCUT2D eigenvalue weighted by atomic mass is 32.2. The molecule has 0 saturated heterocycles. The Morgan fingerprint density at radius 3 is 2.50 bits per heavy atom. The van der Waals surface area contributed by atoms with Gasteiger partial charge in [0.25, 0.3) is 0 Å². The molecule has 0 saturated carbocycles. The van der Waals surface area contributed by atoms with Crippen LogP contribution in [0.15, 0.2) is 30.3 Å². The van der Waals surface area contributed by atoms with Crippen molar-refractivity contribution in [2.75, 3.05) is 5.32 Å². The molecule has 1 amide bonds. The molecule has 0 radical (unpaired) electrons. The Kier molecular flexibility index (Phi) is 3.99. The molecule has 7 heteroatoms. The fourth-order valence-corrected chi connectivity index (χ4v) is 4.28. The standard InChI is InChI=1S/C17H21N3O3S/c1-17(2,3)9-15(21)18-16-13-10-24(22,23)11-14(13)19-20(16)12-7-5-4-6-8-12/h4-8H,9-11H2,1-3H3,(H,18,21). The van der Waals surface area contributed by atoms with Gasteiger partial charge in [-0.25, -0.2) is 13.1 Å². The smallest absolute Gasteiger partial charge is 0.226 e. The molecule has 0 spiro atoms. The molecule has 3 rings (SSSR count). The van der Waals surface area contributed by atoms with E-state index >= 15 is 0 Å². The third kappa shape index (κ3) is 3.51. The van der Waals surface area contributed by atoms with Crippen LogP contribution in [0, 0.1) is 5.41 Å². The van der Waals surface area contributed by atoms with Crippen LogP contribution in [0.1, 0.15) is 38.4 Å². The van der Waals surface area contributed by atoms with Crippen LogP contribution in [0.25, 0.3) is 5.69 Å². The molecule has 0 aliphatic carbocycles. The van der Waals surface area contributed by atoms with E-state index in [1.807, 2.05) is 51.1 Å². The van der Waals surface area contributed by atoms with Crippen molar-refractivity contribution < 1.29 is 13.2 Å². The molecular formula is C17H21N3O3S. The van der Waals surface area contributed by atoms with Gasteiger partial charge < -0.3 is 5.32 Å². The Labute approximate surface area is 141 Å². The molecule has 0 fully saturated rings. The van der Waals surface area contributed by atoms with E-state index in [0.717, 1.165) is 5.69 Å². The summed E-state index contributed by atoms with van der Waals surface area (Å²) in [6.45, 7) is 5.95. The van der Waals surface area contributed by atoms with Gasteiger partial charge in [0.1, 0.15) is 5.82 Å². The summed E-state index contributed by atoms with van der Waals surface area (Å²) in [5, 5.41) is 7.31. The lowest BCUT2D eigenvalue weighted by molar-refractivity contribution is -0.117. The van der Waals surface area contributed by atoms with Gasteiger partial charge in [0.05, 0.1) is 22.9 Å². The van der Waals surface area contributed by atoms with Crippen molar-refractivity contribution in [3.8, 4) is 5.69 Å². The summed E-state index contributed by atoms with van der Waals surface area (Å²) in [7, 11) is -3.18. The van der Waals surface area contributed by atoms with E-state index in [9.17, 15) is 13.2 Å². The summed E-state index contributed by atoms with van der Waals surface area (Å²) < 4.78 is 25.4. The maximum atomic E-state index is 12.4.